The number of ketones is 1. The molecule has 0 saturated carbocycles. The lowest BCUT2D eigenvalue weighted by Crippen LogP contribution is -2.53. The van der Waals surface area contributed by atoms with Crippen molar-refractivity contribution < 1.29 is 14.3 Å². The minimum Gasteiger partial charge on any atom is -0.453 e. The number of imidazole rings is 1. The van der Waals surface area contributed by atoms with Crippen molar-refractivity contribution in [3.8, 4) is 22.8 Å². The van der Waals surface area contributed by atoms with Crippen LogP contribution in [0.5, 0.6) is 11.5 Å². The first-order chi connectivity index (χ1) is 12.8. The van der Waals surface area contributed by atoms with Gasteiger partial charge in [-0.25, -0.2) is 4.98 Å². The molecular weight excluding hydrogens is 342 g/mol. The maximum Gasteiger partial charge on any atom is 0.231 e. The van der Waals surface area contributed by atoms with Crippen molar-refractivity contribution in [3.63, 3.8) is 0 Å². The summed E-state index contributed by atoms with van der Waals surface area (Å²) in [7, 11) is 0. The molecule has 1 aromatic carbocycles. The van der Waals surface area contributed by atoms with Gasteiger partial charge in [0.2, 0.25) is 6.79 Å². The molecule has 0 atom stereocenters. The fourth-order valence-corrected chi connectivity index (χ4v) is 4.32. The molecule has 0 radical (unpaired) electrons. The van der Waals surface area contributed by atoms with Gasteiger partial charge in [-0.3, -0.25) is 9.20 Å². The number of carbonyl (C=O) groups excluding carboxylic acids is 1. The van der Waals surface area contributed by atoms with Gasteiger partial charge in [-0.15, -0.1) is 0 Å². The molecular formula is C21H21N3O3. The van der Waals surface area contributed by atoms with Crippen LogP contribution >= 0.6 is 0 Å². The van der Waals surface area contributed by atoms with Crippen molar-refractivity contribution in [2.75, 3.05) is 12.1 Å². The third-order valence-corrected chi connectivity index (χ3v) is 5.59. The highest BCUT2D eigenvalue weighted by Gasteiger charge is 2.48. The Balaban J connectivity index is 1.84. The quantitative estimate of drug-likeness (QED) is 0.713. The van der Waals surface area contributed by atoms with Crippen molar-refractivity contribution in [1.82, 2.24) is 9.38 Å². The van der Waals surface area contributed by atoms with E-state index in [1.165, 1.54) is 0 Å². The van der Waals surface area contributed by atoms with Crippen molar-refractivity contribution >= 4 is 17.1 Å². The number of hydrogen-bond acceptors (Lipinski definition) is 5. The number of anilines is 1. The number of aromatic nitrogens is 2. The Labute approximate surface area is 157 Å². The lowest BCUT2D eigenvalue weighted by molar-refractivity contribution is -0.127. The van der Waals surface area contributed by atoms with Crippen LogP contribution in [0.1, 0.15) is 33.3 Å². The molecule has 2 aliphatic heterocycles. The van der Waals surface area contributed by atoms with E-state index < -0.39 is 11.0 Å². The topological polar surface area (TPSA) is 64.9 Å². The average molecular weight is 363 g/mol. The zero-order valence-corrected chi connectivity index (χ0v) is 15.8. The molecule has 0 saturated heterocycles. The summed E-state index contributed by atoms with van der Waals surface area (Å²) in [6, 6.07) is 8.00. The predicted molar refractivity (Wildman–Crippen MR) is 102 cm³/mol. The van der Waals surface area contributed by atoms with Gasteiger partial charge < -0.3 is 14.8 Å². The van der Waals surface area contributed by atoms with Gasteiger partial charge in [0.25, 0.3) is 0 Å². The van der Waals surface area contributed by atoms with Crippen molar-refractivity contribution in [2.24, 2.45) is 0 Å². The number of benzene rings is 1. The van der Waals surface area contributed by atoms with E-state index >= 15 is 0 Å². The summed E-state index contributed by atoms with van der Waals surface area (Å²) in [6.45, 7) is 7.92. The van der Waals surface area contributed by atoms with Crippen molar-refractivity contribution in [1.29, 1.82) is 0 Å². The van der Waals surface area contributed by atoms with Gasteiger partial charge in [0.15, 0.2) is 17.3 Å². The van der Waals surface area contributed by atoms with Crippen LogP contribution in [0, 0.1) is 0 Å². The van der Waals surface area contributed by atoms with Gasteiger partial charge in [0.1, 0.15) is 5.65 Å². The number of rotatable bonds is 1. The predicted octanol–water partition coefficient (Wildman–Crippen LogP) is 3.78. The van der Waals surface area contributed by atoms with Crippen LogP contribution in [0.3, 0.4) is 0 Å². The smallest absolute Gasteiger partial charge is 0.231 e. The number of ether oxygens (including phenoxy) is 2. The van der Waals surface area contributed by atoms with Crippen LogP contribution < -0.4 is 14.8 Å². The SMILES string of the molecule is CC1(C)Nc2c(cc(-c3cccc4nccn34)c3c2OCO3)C(C)(C)C1=O. The van der Waals surface area contributed by atoms with Gasteiger partial charge in [-0.2, -0.15) is 0 Å². The lowest BCUT2D eigenvalue weighted by atomic mass is 9.69. The largest absolute Gasteiger partial charge is 0.453 e. The molecule has 27 heavy (non-hydrogen) atoms. The zero-order chi connectivity index (χ0) is 19.0. The number of nitrogens with one attached hydrogen (secondary N) is 1. The Morgan fingerprint density at radius 3 is 2.74 bits per heavy atom. The number of Topliss-reactive ketones (excluding diaryl/α,β-unsaturated/α-hetero) is 1. The number of carbonyl (C=O) groups is 1. The molecule has 2 aliphatic rings. The van der Waals surface area contributed by atoms with Crippen molar-refractivity contribution in [2.45, 2.75) is 38.6 Å². The van der Waals surface area contributed by atoms with E-state index in [4.69, 9.17) is 9.47 Å². The lowest BCUT2D eigenvalue weighted by Gasteiger charge is -2.42. The third-order valence-electron chi connectivity index (χ3n) is 5.59. The maximum atomic E-state index is 13.1. The molecule has 0 unspecified atom stereocenters. The van der Waals surface area contributed by atoms with Crippen LogP contribution in [0.15, 0.2) is 36.7 Å². The Kier molecular flexibility index (Phi) is 3.01. The first-order valence-electron chi connectivity index (χ1n) is 9.03. The molecule has 0 spiro atoms. The van der Waals surface area contributed by atoms with Gasteiger partial charge in [0.05, 0.1) is 22.3 Å². The summed E-state index contributed by atoms with van der Waals surface area (Å²) in [5.41, 5.74) is 3.13. The molecule has 2 aromatic heterocycles. The highest BCUT2D eigenvalue weighted by molar-refractivity contribution is 6.04. The summed E-state index contributed by atoms with van der Waals surface area (Å²) in [5.74, 6) is 1.52. The first kappa shape index (κ1) is 16.2. The van der Waals surface area contributed by atoms with E-state index in [2.05, 4.69) is 16.4 Å². The summed E-state index contributed by atoms with van der Waals surface area (Å²) in [5, 5.41) is 3.38. The molecule has 0 fully saturated rings. The van der Waals surface area contributed by atoms with E-state index in [0.29, 0.717) is 11.5 Å². The molecule has 138 valence electrons. The third kappa shape index (κ3) is 2.07. The van der Waals surface area contributed by atoms with E-state index in [1.807, 2.05) is 56.5 Å². The number of hydrogen-bond donors (Lipinski definition) is 1. The molecule has 4 heterocycles. The standard InChI is InChI=1S/C21H21N3O3/c1-20(2)13-10-12(14-6-5-7-15-22-8-9-24(14)15)17-18(27-11-26-17)16(13)23-21(3,4)19(20)25/h5-10,23H,11H2,1-4H3. The molecule has 1 N–H and O–H groups in total. The summed E-state index contributed by atoms with van der Waals surface area (Å²) < 4.78 is 13.7. The molecule has 6 heteroatoms. The molecule has 3 aromatic rings. The van der Waals surface area contributed by atoms with E-state index in [9.17, 15) is 4.79 Å². The highest BCUT2D eigenvalue weighted by Crippen LogP contribution is 2.54. The molecule has 6 nitrogen and oxygen atoms in total. The van der Waals surface area contributed by atoms with E-state index in [0.717, 1.165) is 28.2 Å². The van der Waals surface area contributed by atoms with Gasteiger partial charge >= 0.3 is 0 Å². The summed E-state index contributed by atoms with van der Waals surface area (Å²) in [6.07, 6.45) is 3.69. The monoisotopic (exact) mass is 363 g/mol. The Bertz CT molecular complexity index is 1110. The molecule has 0 amide bonds. The minimum absolute atomic E-state index is 0.146. The van der Waals surface area contributed by atoms with E-state index in [1.54, 1.807) is 6.20 Å². The van der Waals surface area contributed by atoms with E-state index in [-0.39, 0.29) is 12.6 Å². The number of fused-ring (bicyclic) bond motifs is 4. The molecule has 0 aliphatic carbocycles. The fraction of sp³-hybridized carbons (Fsp3) is 0.333. The first-order valence-corrected chi connectivity index (χ1v) is 9.03. The maximum absolute atomic E-state index is 13.1. The van der Waals surface area contributed by atoms with Crippen molar-refractivity contribution in [3.05, 3.63) is 42.2 Å². The fourth-order valence-electron chi connectivity index (χ4n) is 4.32. The summed E-state index contributed by atoms with van der Waals surface area (Å²) >= 11 is 0. The number of nitrogens with zero attached hydrogens (tertiary/aromatic N) is 2. The van der Waals surface area contributed by atoms with Gasteiger partial charge in [-0.05, 0) is 51.5 Å². The van der Waals surface area contributed by atoms with Crippen LogP contribution in [0.4, 0.5) is 5.69 Å². The van der Waals surface area contributed by atoms with Gasteiger partial charge in [0, 0.05) is 18.0 Å². The minimum atomic E-state index is -0.678. The van der Waals surface area contributed by atoms with Crippen LogP contribution in [0.25, 0.3) is 16.9 Å². The second-order valence-electron chi connectivity index (χ2n) is 8.18. The normalized spacial score (nSPS) is 19.0. The Morgan fingerprint density at radius 2 is 1.93 bits per heavy atom. The van der Waals surface area contributed by atoms with Crippen LogP contribution in [-0.2, 0) is 10.2 Å². The van der Waals surface area contributed by atoms with Crippen LogP contribution in [0.2, 0.25) is 0 Å². The number of pyridine rings is 1. The van der Waals surface area contributed by atoms with Gasteiger partial charge in [-0.1, -0.05) is 6.07 Å². The Morgan fingerprint density at radius 1 is 1.15 bits per heavy atom. The van der Waals surface area contributed by atoms with Crippen LogP contribution in [-0.4, -0.2) is 27.5 Å². The Hall–Kier alpha value is -3.02. The molecule has 0 bridgehead atoms. The molecule has 5 rings (SSSR count). The highest BCUT2D eigenvalue weighted by atomic mass is 16.7. The second-order valence-corrected chi connectivity index (χ2v) is 8.18. The average Bonchev–Trinajstić information content (AvgIpc) is 3.29. The zero-order valence-electron chi connectivity index (χ0n) is 15.8. The summed E-state index contributed by atoms with van der Waals surface area (Å²) in [4.78, 5) is 17.5. The second kappa shape index (κ2) is 5.03.